The first-order chi connectivity index (χ1) is 10.1. The Morgan fingerprint density at radius 3 is 2.76 bits per heavy atom. The Labute approximate surface area is 126 Å². The summed E-state index contributed by atoms with van der Waals surface area (Å²) in [5.74, 6) is 0.580. The first kappa shape index (κ1) is 15.0. The molecule has 0 fully saturated rings. The molecular formula is C18H23N3. The molecule has 2 rings (SSSR count). The Hall–Kier alpha value is -2.42. The number of rotatable bonds is 5. The van der Waals surface area contributed by atoms with Gasteiger partial charge in [0.25, 0.3) is 0 Å². The number of anilines is 1. The zero-order valence-electron chi connectivity index (χ0n) is 12.7. The van der Waals surface area contributed by atoms with Crippen molar-refractivity contribution in [1.29, 1.82) is 0 Å². The maximum absolute atomic E-state index is 6.04. The minimum absolute atomic E-state index is 0.498. The van der Waals surface area contributed by atoms with Gasteiger partial charge in [-0.1, -0.05) is 43.9 Å². The predicted octanol–water partition coefficient (Wildman–Crippen LogP) is 4.13. The summed E-state index contributed by atoms with van der Waals surface area (Å²) in [5.41, 5.74) is 16.8. The van der Waals surface area contributed by atoms with Crippen LogP contribution in [-0.4, -0.2) is 4.98 Å². The van der Waals surface area contributed by atoms with E-state index in [1.807, 2.05) is 12.1 Å². The molecule has 0 spiro atoms. The van der Waals surface area contributed by atoms with Crippen LogP contribution in [0.4, 0.5) is 5.82 Å². The van der Waals surface area contributed by atoms with Crippen molar-refractivity contribution >= 4 is 22.4 Å². The Kier molecular flexibility index (Phi) is 4.53. The molecule has 0 saturated carbocycles. The molecule has 1 aromatic heterocycles. The molecule has 0 atom stereocenters. The molecule has 0 aliphatic carbocycles. The van der Waals surface area contributed by atoms with E-state index in [9.17, 15) is 0 Å². The van der Waals surface area contributed by atoms with Crippen molar-refractivity contribution < 1.29 is 0 Å². The molecule has 0 aliphatic heterocycles. The smallest absolute Gasteiger partial charge is 0.111 e. The Morgan fingerprint density at radius 2 is 2.14 bits per heavy atom. The third-order valence-corrected chi connectivity index (χ3v) is 3.59. The molecule has 0 radical (unpaired) electrons. The number of nitrogens with one attached hydrogen (secondary N) is 1. The fourth-order valence-corrected chi connectivity index (χ4v) is 2.57. The number of fused-ring (bicyclic) bond motifs is 1. The number of nitrogen functional groups attached to an aromatic ring is 1. The van der Waals surface area contributed by atoms with Gasteiger partial charge in [-0.3, -0.25) is 0 Å². The number of allylic oxidation sites excluding steroid dienone is 4. The summed E-state index contributed by atoms with van der Waals surface area (Å²) in [7, 11) is 0. The molecule has 0 bridgehead atoms. The molecular weight excluding hydrogens is 258 g/mol. The van der Waals surface area contributed by atoms with Crippen LogP contribution in [0.15, 0.2) is 48.6 Å². The fraction of sp³-hybridized carbons (Fsp3) is 0.222. The third-order valence-electron chi connectivity index (χ3n) is 3.59. The van der Waals surface area contributed by atoms with Crippen LogP contribution in [0.3, 0.4) is 0 Å². The number of nitrogens with two attached hydrogens (primary N) is 2. The lowest BCUT2D eigenvalue weighted by Gasteiger charge is -2.07. The number of aromatic nitrogens is 1. The van der Waals surface area contributed by atoms with Gasteiger partial charge in [0.1, 0.15) is 5.82 Å². The molecule has 0 saturated heterocycles. The monoisotopic (exact) mass is 281 g/mol. The molecule has 3 heteroatoms. The fourth-order valence-electron chi connectivity index (χ4n) is 2.57. The van der Waals surface area contributed by atoms with Crippen molar-refractivity contribution in [2.75, 3.05) is 5.73 Å². The first-order valence-corrected chi connectivity index (χ1v) is 7.24. The van der Waals surface area contributed by atoms with E-state index in [1.54, 1.807) is 0 Å². The second-order valence-corrected chi connectivity index (χ2v) is 5.13. The number of hydrogen-bond acceptors (Lipinski definition) is 2. The lowest BCUT2D eigenvalue weighted by Crippen LogP contribution is -1.99. The molecule has 0 aliphatic rings. The van der Waals surface area contributed by atoms with Crippen LogP contribution >= 0.6 is 0 Å². The SMILES string of the molecule is C=C(N)c1c(N)[nH]c2cccc(CC(/C=C\CC)=C/C)c12. The highest BCUT2D eigenvalue weighted by Gasteiger charge is 2.14. The van der Waals surface area contributed by atoms with Gasteiger partial charge in [0.15, 0.2) is 0 Å². The van der Waals surface area contributed by atoms with Gasteiger partial charge in [0.2, 0.25) is 0 Å². The highest BCUT2D eigenvalue weighted by molar-refractivity contribution is 5.99. The molecule has 3 nitrogen and oxygen atoms in total. The summed E-state index contributed by atoms with van der Waals surface area (Å²) in [4.78, 5) is 3.18. The van der Waals surface area contributed by atoms with E-state index < -0.39 is 0 Å². The quantitative estimate of drug-likeness (QED) is 0.721. The van der Waals surface area contributed by atoms with Crippen molar-refractivity contribution in [3.63, 3.8) is 0 Å². The van der Waals surface area contributed by atoms with Crippen molar-refractivity contribution in [1.82, 2.24) is 4.98 Å². The van der Waals surface area contributed by atoms with Crippen LogP contribution in [0.25, 0.3) is 16.6 Å². The van der Waals surface area contributed by atoms with Crippen LogP contribution in [0, 0.1) is 0 Å². The van der Waals surface area contributed by atoms with Gasteiger partial charge in [-0.25, -0.2) is 0 Å². The molecule has 0 unspecified atom stereocenters. The molecule has 0 amide bonds. The van der Waals surface area contributed by atoms with E-state index in [4.69, 9.17) is 11.5 Å². The van der Waals surface area contributed by atoms with E-state index in [-0.39, 0.29) is 0 Å². The van der Waals surface area contributed by atoms with E-state index in [0.29, 0.717) is 11.5 Å². The minimum Gasteiger partial charge on any atom is -0.399 e. The van der Waals surface area contributed by atoms with E-state index in [0.717, 1.165) is 29.3 Å². The summed E-state index contributed by atoms with van der Waals surface area (Å²) in [6.07, 6.45) is 8.36. The van der Waals surface area contributed by atoms with Gasteiger partial charge < -0.3 is 16.5 Å². The third kappa shape index (κ3) is 3.02. The van der Waals surface area contributed by atoms with Crippen molar-refractivity contribution in [2.24, 2.45) is 5.73 Å². The average molecular weight is 281 g/mol. The summed E-state index contributed by atoms with van der Waals surface area (Å²) < 4.78 is 0. The normalized spacial score (nSPS) is 12.4. The topological polar surface area (TPSA) is 67.8 Å². The molecule has 2 aromatic rings. The predicted molar refractivity (Wildman–Crippen MR) is 92.8 cm³/mol. The van der Waals surface area contributed by atoms with E-state index >= 15 is 0 Å². The standard InChI is InChI=1S/C18H23N3/c1-4-6-8-13(5-2)11-14-9-7-10-15-17(14)16(12(3)19)18(20)21-15/h5-10,21H,3-4,11,19-20H2,1-2H3/b8-6-,13-5+. The van der Waals surface area contributed by atoms with Crippen molar-refractivity contribution in [3.8, 4) is 0 Å². The summed E-state index contributed by atoms with van der Waals surface area (Å²) in [6, 6.07) is 6.16. The largest absolute Gasteiger partial charge is 0.399 e. The molecule has 21 heavy (non-hydrogen) atoms. The average Bonchev–Trinajstić information content (AvgIpc) is 2.80. The molecule has 110 valence electrons. The van der Waals surface area contributed by atoms with Crippen LogP contribution in [0.5, 0.6) is 0 Å². The van der Waals surface area contributed by atoms with Gasteiger partial charge in [0, 0.05) is 22.2 Å². The highest BCUT2D eigenvalue weighted by Crippen LogP contribution is 2.31. The van der Waals surface area contributed by atoms with Gasteiger partial charge in [-0.2, -0.15) is 0 Å². The number of aromatic amines is 1. The van der Waals surface area contributed by atoms with Crippen LogP contribution in [0.1, 0.15) is 31.4 Å². The van der Waals surface area contributed by atoms with Crippen LogP contribution in [-0.2, 0) is 6.42 Å². The second-order valence-electron chi connectivity index (χ2n) is 5.13. The Balaban J connectivity index is 2.54. The van der Waals surface area contributed by atoms with Gasteiger partial charge >= 0.3 is 0 Å². The maximum atomic E-state index is 6.04. The van der Waals surface area contributed by atoms with Crippen LogP contribution in [0.2, 0.25) is 0 Å². The lowest BCUT2D eigenvalue weighted by atomic mass is 9.97. The van der Waals surface area contributed by atoms with Gasteiger partial charge in [0.05, 0.1) is 0 Å². The Morgan fingerprint density at radius 1 is 1.38 bits per heavy atom. The van der Waals surface area contributed by atoms with E-state index in [1.165, 1.54) is 11.1 Å². The zero-order chi connectivity index (χ0) is 15.4. The highest BCUT2D eigenvalue weighted by atomic mass is 14.9. The minimum atomic E-state index is 0.498. The van der Waals surface area contributed by atoms with Gasteiger partial charge in [-0.15, -0.1) is 0 Å². The van der Waals surface area contributed by atoms with E-state index in [2.05, 4.69) is 49.7 Å². The lowest BCUT2D eigenvalue weighted by molar-refractivity contribution is 1.17. The summed E-state index contributed by atoms with van der Waals surface area (Å²) in [5, 5.41) is 1.08. The van der Waals surface area contributed by atoms with Crippen LogP contribution < -0.4 is 11.5 Å². The number of H-pyrrole nitrogens is 1. The van der Waals surface area contributed by atoms with Gasteiger partial charge in [-0.05, 0) is 37.0 Å². The van der Waals surface area contributed by atoms with Crippen molar-refractivity contribution in [3.05, 3.63) is 59.7 Å². The number of hydrogen-bond donors (Lipinski definition) is 3. The molecule has 1 aromatic carbocycles. The Bertz CT molecular complexity index is 717. The molecule has 5 N–H and O–H groups in total. The number of benzene rings is 1. The zero-order valence-corrected chi connectivity index (χ0v) is 12.7. The summed E-state index contributed by atoms with van der Waals surface area (Å²) >= 11 is 0. The first-order valence-electron chi connectivity index (χ1n) is 7.24. The van der Waals surface area contributed by atoms with Crippen molar-refractivity contribution in [2.45, 2.75) is 26.7 Å². The maximum Gasteiger partial charge on any atom is 0.111 e. The molecule has 1 heterocycles. The summed E-state index contributed by atoms with van der Waals surface area (Å²) in [6.45, 7) is 8.04. The second kappa shape index (κ2) is 6.35.